The van der Waals surface area contributed by atoms with E-state index in [1.54, 1.807) is 0 Å². The van der Waals surface area contributed by atoms with Crippen LogP contribution in [0.15, 0.2) is 0 Å². The number of hydrogen-bond acceptors (Lipinski definition) is 1. The van der Waals surface area contributed by atoms with Crippen LogP contribution in [-0.4, -0.2) is 18.6 Å². The van der Waals surface area contributed by atoms with Gasteiger partial charge in [0.2, 0.25) is 0 Å². The largest absolute Gasteiger partial charge is 0.338 e. The van der Waals surface area contributed by atoms with E-state index < -0.39 is 0 Å². The number of urea groups is 1. The van der Waals surface area contributed by atoms with Gasteiger partial charge in [-0.2, -0.15) is 0 Å². The number of amides is 2. The summed E-state index contributed by atoms with van der Waals surface area (Å²) < 4.78 is 0. The molecule has 0 aliphatic heterocycles. The first-order chi connectivity index (χ1) is 7.43. The lowest BCUT2D eigenvalue weighted by Crippen LogP contribution is -2.44. The van der Waals surface area contributed by atoms with Crippen LogP contribution in [0, 0.1) is 11.3 Å². The van der Waals surface area contributed by atoms with Crippen molar-refractivity contribution in [1.29, 1.82) is 0 Å². The molecule has 0 heterocycles. The van der Waals surface area contributed by atoms with Crippen LogP contribution in [0.1, 0.15) is 53.4 Å². The summed E-state index contributed by atoms with van der Waals surface area (Å²) >= 11 is 0. The molecule has 0 aromatic heterocycles. The Morgan fingerprint density at radius 1 is 1.19 bits per heavy atom. The molecule has 0 radical (unpaired) electrons. The van der Waals surface area contributed by atoms with Gasteiger partial charge in [0.25, 0.3) is 0 Å². The van der Waals surface area contributed by atoms with Crippen LogP contribution < -0.4 is 10.6 Å². The van der Waals surface area contributed by atoms with Crippen LogP contribution in [0.25, 0.3) is 0 Å². The zero-order chi connectivity index (χ0) is 12.2. The molecule has 1 aliphatic rings. The van der Waals surface area contributed by atoms with Crippen LogP contribution in [0.2, 0.25) is 0 Å². The fraction of sp³-hybridized carbons (Fsp3) is 0.923. The molecule has 0 saturated heterocycles. The van der Waals surface area contributed by atoms with E-state index in [9.17, 15) is 4.79 Å². The summed E-state index contributed by atoms with van der Waals surface area (Å²) in [4.78, 5) is 11.4. The number of rotatable bonds is 2. The minimum atomic E-state index is -0.0123. The van der Waals surface area contributed by atoms with Gasteiger partial charge in [0, 0.05) is 12.6 Å². The lowest BCUT2D eigenvalue weighted by Gasteiger charge is -2.37. The summed E-state index contributed by atoms with van der Waals surface area (Å²) in [6.45, 7) is 9.58. The summed E-state index contributed by atoms with van der Waals surface area (Å²) in [5.74, 6) is 0.805. The molecule has 0 aromatic carbocycles. The highest BCUT2D eigenvalue weighted by Crippen LogP contribution is 2.37. The number of carbonyl (C=O) groups is 1. The molecule has 3 nitrogen and oxygen atoms in total. The van der Waals surface area contributed by atoms with Gasteiger partial charge in [-0.15, -0.1) is 0 Å². The number of carbonyl (C=O) groups excluding carboxylic acids is 1. The van der Waals surface area contributed by atoms with E-state index in [2.05, 4.69) is 31.4 Å². The normalized spacial score (nSPS) is 26.2. The van der Waals surface area contributed by atoms with E-state index in [1.807, 2.05) is 6.92 Å². The summed E-state index contributed by atoms with van der Waals surface area (Å²) in [5, 5.41) is 5.83. The minimum absolute atomic E-state index is 0.0123. The van der Waals surface area contributed by atoms with Gasteiger partial charge in [-0.25, -0.2) is 4.79 Å². The van der Waals surface area contributed by atoms with Gasteiger partial charge in [0.1, 0.15) is 0 Å². The second-order valence-electron chi connectivity index (χ2n) is 5.92. The van der Waals surface area contributed by atoms with Crippen molar-refractivity contribution in [1.82, 2.24) is 10.6 Å². The highest BCUT2D eigenvalue weighted by atomic mass is 16.2. The predicted octanol–water partition coefficient (Wildman–Crippen LogP) is 2.91. The molecule has 0 unspecified atom stereocenters. The Morgan fingerprint density at radius 2 is 1.75 bits per heavy atom. The number of nitrogens with one attached hydrogen (secondary N) is 2. The van der Waals surface area contributed by atoms with Gasteiger partial charge in [-0.05, 0) is 43.9 Å². The quantitative estimate of drug-likeness (QED) is 0.747. The molecule has 2 amide bonds. The van der Waals surface area contributed by atoms with Gasteiger partial charge >= 0.3 is 6.03 Å². The van der Waals surface area contributed by atoms with Crippen molar-refractivity contribution >= 4 is 6.03 Å². The highest BCUT2D eigenvalue weighted by molar-refractivity contribution is 5.74. The summed E-state index contributed by atoms with van der Waals surface area (Å²) in [7, 11) is 0. The zero-order valence-corrected chi connectivity index (χ0v) is 11.1. The Hall–Kier alpha value is -0.730. The van der Waals surface area contributed by atoms with Crippen LogP contribution >= 0.6 is 0 Å². The Balaban J connectivity index is 2.30. The lowest BCUT2D eigenvalue weighted by molar-refractivity contribution is 0.160. The van der Waals surface area contributed by atoms with Crippen molar-refractivity contribution < 1.29 is 4.79 Å². The fourth-order valence-electron chi connectivity index (χ4n) is 2.50. The van der Waals surface area contributed by atoms with Crippen molar-refractivity contribution in [2.24, 2.45) is 11.3 Å². The third-order valence-electron chi connectivity index (χ3n) is 3.62. The molecule has 94 valence electrons. The molecule has 0 atom stereocenters. The molecule has 0 bridgehead atoms. The molecule has 1 aliphatic carbocycles. The summed E-state index contributed by atoms with van der Waals surface area (Å²) in [6.07, 6.45) is 4.72. The monoisotopic (exact) mass is 226 g/mol. The first kappa shape index (κ1) is 13.3. The van der Waals surface area contributed by atoms with Crippen molar-refractivity contribution in [3.8, 4) is 0 Å². The Bertz CT molecular complexity index is 225. The molecule has 2 N–H and O–H groups in total. The zero-order valence-electron chi connectivity index (χ0n) is 11.1. The van der Waals surface area contributed by atoms with Crippen LogP contribution in [0.4, 0.5) is 4.79 Å². The molecule has 1 fully saturated rings. The predicted molar refractivity (Wildman–Crippen MR) is 67.4 cm³/mol. The maximum absolute atomic E-state index is 11.4. The molecule has 1 saturated carbocycles. The SMILES string of the molecule is CCNC(=O)NC1CCC(C(C)(C)C)CC1. The third kappa shape index (κ3) is 4.03. The highest BCUT2D eigenvalue weighted by Gasteiger charge is 2.29. The Kier molecular flexibility index (Phi) is 4.63. The van der Waals surface area contributed by atoms with Crippen LogP contribution in [-0.2, 0) is 0 Å². The number of hydrogen-bond donors (Lipinski definition) is 2. The molecule has 1 rings (SSSR count). The molecular formula is C13H26N2O. The van der Waals surface area contributed by atoms with E-state index in [-0.39, 0.29) is 6.03 Å². The molecule has 0 spiro atoms. The first-order valence-corrected chi connectivity index (χ1v) is 6.48. The second-order valence-corrected chi connectivity index (χ2v) is 5.92. The average molecular weight is 226 g/mol. The minimum Gasteiger partial charge on any atom is -0.338 e. The first-order valence-electron chi connectivity index (χ1n) is 6.48. The van der Waals surface area contributed by atoms with Crippen LogP contribution in [0.3, 0.4) is 0 Å². The molecular weight excluding hydrogens is 200 g/mol. The third-order valence-corrected chi connectivity index (χ3v) is 3.62. The standard InChI is InChI=1S/C13H26N2O/c1-5-14-12(16)15-11-8-6-10(7-9-11)13(2,3)4/h10-11H,5-9H2,1-4H3,(H2,14,15,16). The van der Waals surface area contributed by atoms with Gasteiger partial charge in [0.15, 0.2) is 0 Å². The maximum atomic E-state index is 11.4. The topological polar surface area (TPSA) is 41.1 Å². The van der Waals surface area contributed by atoms with E-state index >= 15 is 0 Å². The van der Waals surface area contributed by atoms with E-state index in [0.717, 1.165) is 18.8 Å². The Labute approximate surface area is 99.4 Å². The van der Waals surface area contributed by atoms with Crippen molar-refractivity contribution in [2.45, 2.75) is 59.4 Å². The average Bonchev–Trinajstić information content (AvgIpc) is 2.17. The van der Waals surface area contributed by atoms with Crippen LogP contribution in [0.5, 0.6) is 0 Å². The fourth-order valence-corrected chi connectivity index (χ4v) is 2.50. The van der Waals surface area contributed by atoms with Crippen molar-refractivity contribution in [2.75, 3.05) is 6.54 Å². The van der Waals surface area contributed by atoms with E-state index in [1.165, 1.54) is 12.8 Å². The summed E-state index contributed by atoms with van der Waals surface area (Å²) in [6, 6.07) is 0.367. The maximum Gasteiger partial charge on any atom is 0.314 e. The molecule has 3 heteroatoms. The molecule has 16 heavy (non-hydrogen) atoms. The van der Waals surface area contributed by atoms with Crippen molar-refractivity contribution in [3.63, 3.8) is 0 Å². The van der Waals surface area contributed by atoms with Gasteiger partial charge in [0.05, 0.1) is 0 Å². The van der Waals surface area contributed by atoms with Crippen molar-refractivity contribution in [3.05, 3.63) is 0 Å². The van der Waals surface area contributed by atoms with E-state index in [0.29, 0.717) is 18.0 Å². The van der Waals surface area contributed by atoms with Gasteiger partial charge in [-0.3, -0.25) is 0 Å². The molecule has 0 aromatic rings. The van der Waals surface area contributed by atoms with E-state index in [4.69, 9.17) is 0 Å². The van der Waals surface area contributed by atoms with Gasteiger partial charge < -0.3 is 10.6 Å². The second kappa shape index (κ2) is 5.55. The Morgan fingerprint density at radius 3 is 2.19 bits per heavy atom. The lowest BCUT2D eigenvalue weighted by atomic mass is 9.71. The summed E-state index contributed by atoms with van der Waals surface area (Å²) in [5.41, 5.74) is 0.413. The van der Waals surface area contributed by atoms with Gasteiger partial charge in [-0.1, -0.05) is 20.8 Å². The smallest absolute Gasteiger partial charge is 0.314 e.